The summed E-state index contributed by atoms with van der Waals surface area (Å²) in [5, 5.41) is 18.8. The van der Waals surface area contributed by atoms with Gasteiger partial charge in [0.05, 0.1) is 11.9 Å². The molecule has 0 aliphatic rings. The highest BCUT2D eigenvalue weighted by molar-refractivity contribution is 5.97. The predicted molar refractivity (Wildman–Crippen MR) is 80.9 cm³/mol. The zero-order valence-electron chi connectivity index (χ0n) is 11.7. The van der Waals surface area contributed by atoms with E-state index in [-0.39, 0.29) is 11.9 Å². The van der Waals surface area contributed by atoms with Crippen LogP contribution in [0.2, 0.25) is 0 Å². The fourth-order valence-electron chi connectivity index (χ4n) is 2.29. The second-order valence-electron chi connectivity index (χ2n) is 4.89. The quantitative estimate of drug-likeness (QED) is 0.756. The van der Waals surface area contributed by atoms with Crippen molar-refractivity contribution in [2.45, 2.75) is 6.54 Å². The number of aromatic hydroxyl groups is 1. The standard InChI is InChI=1S/C16H11NO6/c18-12-10(15(20)21)6-7-11-13(12)23-16(22)17(14(11)19)8-9-4-2-1-3-5-9/h1-7,18H,8H2,(H,20,21). The van der Waals surface area contributed by atoms with E-state index in [1.807, 2.05) is 0 Å². The Labute approximate surface area is 128 Å². The van der Waals surface area contributed by atoms with Gasteiger partial charge in [0, 0.05) is 0 Å². The SMILES string of the molecule is O=C(O)c1ccc2c(=O)n(Cc3ccccc3)c(=O)oc2c1O. The van der Waals surface area contributed by atoms with Gasteiger partial charge in [-0.3, -0.25) is 4.79 Å². The van der Waals surface area contributed by atoms with Crippen molar-refractivity contribution in [3.05, 3.63) is 74.5 Å². The summed E-state index contributed by atoms with van der Waals surface area (Å²) in [7, 11) is 0. The maximum Gasteiger partial charge on any atom is 0.422 e. The van der Waals surface area contributed by atoms with E-state index in [4.69, 9.17) is 9.52 Å². The molecule has 116 valence electrons. The zero-order chi connectivity index (χ0) is 16.6. The normalized spacial score (nSPS) is 10.8. The Bertz CT molecular complexity index is 1020. The van der Waals surface area contributed by atoms with Crippen molar-refractivity contribution in [1.29, 1.82) is 0 Å². The lowest BCUT2D eigenvalue weighted by Gasteiger charge is -2.07. The first-order valence-electron chi connectivity index (χ1n) is 6.66. The number of hydrogen-bond acceptors (Lipinski definition) is 5. The van der Waals surface area contributed by atoms with Crippen LogP contribution in [0.5, 0.6) is 5.75 Å². The van der Waals surface area contributed by atoms with Crippen LogP contribution >= 0.6 is 0 Å². The third-order valence-corrected chi connectivity index (χ3v) is 3.43. The fourth-order valence-corrected chi connectivity index (χ4v) is 2.29. The molecule has 0 atom stereocenters. The molecule has 1 heterocycles. The average molecular weight is 313 g/mol. The maximum absolute atomic E-state index is 12.4. The highest BCUT2D eigenvalue weighted by Crippen LogP contribution is 2.25. The molecule has 1 aromatic heterocycles. The Kier molecular flexibility index (Phi) is 3.46. The molecule has 0 spiro atoms. The third-order valence-electron chi connectivity index (χ3n) is 3.43. The van der Waals surface area contributed by atoms with Crippen LogP contribution in [0.1, 0.15) is 15.9 Å². The number of aromatic nitrogens is 1. The molecule has 3 rings (SSSR count). The molecule has 0 unspecified atom stereocenters. The Balaban J connectivity index is 2.23. The van der Waals surface area contributed by atoms with Gasteiger partial charge in [-0.1, -0.05) is 30.3 Å². The summed E-state index contributed by atoms with van der Waals surface area (Å²) in [4.78, 5) is 35.4. The van der Waals surface area contributed by atoms with Gasteiger partial charge in [-0.2, -0.15) is 0 Å². The number of fused-ring (bicyclic) bond motifs is 1. The van der Waals surface area contributed by atoms with Crippen LogP contribution < -0.4 is 11.3 Å². The molecule has 7 nitrogen and oxygen atoms in total. The van der Waals surface area contributed by atoms with Crippen LogP contribution in [0, 0.1) is 0 Å². The van der Waals surface area contributed by atoms with E-state index in [1.54, 1.807) is 30.3 Å². The summed E-state index contributed by atoms with van der Waals surface area (Å²) < 4.78 is 5.85. The molecular weight excluding hydrogens is 302 g/mol. The van der Waals surface area contributed by atoms with Crippen molar-refractivity contribution >= 4 is 16.9 Å². The third kappa shape index (κ3) is 2.48. The zero-order valence-corrected chi connectivity index (χ0v) is 11.7. The molecule has 0 amide bonds. The molecular formula is C16H11NO6. The summed E-state index contributed by atoms with van der Waals surface area (Å²) >= 11 is 0. The molecule has 0 radical (unpaired) electrons. The van der Waals surface area contributed by atoms with Crippen LogP contribution in [-0.4, -0.2) is 20.7 Å². The van der Waals surface area contributed by atoms with Gasteiger partial charge in [0.2, 0.25) is 0 Å². The number of rotatable bonds is 3. The smallest absolute Gasteiger partial charge is 0.422 e. The maximum atomic E-state index is 12.4. The van der Waals surface area contributed by atoms with Gasteiger partial charge in [0.15, 0.2) is 11.3 Å². The molecule has 3 aromatic rings. The first-order valence-corrected chi connectivity index (χ1v) is 6.66. The van der Waals surface area contributed by atoms with Crippen molar-refractivity contribution in [3.63, 3.8) is 0 Å². The van der Waals surface area contributed by atoms with E-state index in [0.29, 0.717) is 0 Å². The summed E-state index contributed by atoms with van der Waals surface area (Å²) in [6.07, 6.45) is 0. The van der Waals surface area contributed by atoms with Crippen molar-refractivity contribution in [2.24, 2.45) is 0 Å². The lowest BCUT2D eigenvalue weighted by atomic mass is 10.1. The van der Waals surface area contributed by atoms with Gasteiger partial charge >= 0.3 is 11.7 Å². The molecule has 0 aliphatic heterocycles. The summed E-state index contributed by atoms with van der Waals surface area (Å²) in [5.74, 6) is -3.10. The first kappa shape index (κ1) is 14.6. The number of nitrogens with zero attached hydrogens (tertiary/aromatic N) is 1. The minimum absolute atomic E-state index is 0.0133. The lowest BCUT2D eigenvalue weighted by molar-refractivity contribution is 0.0693. The molecule has 7 heteroatoms. The van der Waals surface area contributed by atoms with Gasteiger partial charge in [-0.05, 0) is 17.7 Å². The van der Waals surface area contributed by atoms with E-state index in [1.165, 1.54) is 6.07 Å². The van der Waals surface area contributed by atoms with Gasteiger partial charge in [-0.25, -0.2) is 14.2 Å². The molecule has 23 heavy (non-hydrogen) atoms. The van der Waals surface area contributed by atoms with Crippen LogP contribution in [0.3, 0.4) is 0 Å². The summed E-state index contributed by atoms with van der Waals surface area (Å²) in [6, 6.07) is 11.2. The second-order valence-corrected chi connectivity index (χ2v) is 4.89. The van der Waals surface area contributed by atoms with Crippen molar-refractivity contribution < 1.29 is 19.4 Å². The van der Waals surface area contributed by atoms with E-state index in [0.717, 1.165) is 16.2 Å². The minimum Gasteiger partial charge on any atom is -0.504 e. The van der Waals surface area contributed by atoms with Crippen molar-refractivity contribution in [1.82, 2.24) is 4.57 Å². The summed E-state index contributed by atoms with van der Waals surface area (Å²) in [6.45, 7) is 0.0133. The molecule has 0 bridgehead atoms. The Morgan fingerprint density at radius 2 is 1.78 bits per heavy atom. The van der Waals surface area contributed by atoms with Crippen LogP contribution in [0.25, 0.3) is 11.0 Å². The monoisotopic (exact) mass is 313 g/mol. The molecule has 2 N–H and O–H groups in total. The molecule has 0 aliphatic carbocycles. The Morgan fingerprint density at radius 3 is 2.43 bits per heavy atom. The number of hydrogen-bond donors (Lipinski definition) is 2. The van der Waals surface area contributed by atoms with Gasteiger partial charge in [0.1, 0.15) is 5.56 Å². The van der Waals surface area contributed by atoms with Crippen molar-refractivity contribution in [3.8, 4) is 5.75 Å². The minimum atomic E-state index is -1.39. The number of aromatic carboxylic acids is 1. The number of carboxylic acids is 1. The molecule has 0 saturated carbocycles. The van der Waals surface area contributed by atoms with Crippen molar-refractivity contribution in [2.75, 3.05) is 0 Å². The number of carbonyl (C=O) groups is 1. The molecule has 2 aromatic carbocycles. The van der Waals surface area contributed by atoms with E-state index < -0.39 is 34.2 Å². The summed E-state index contributed by atoms with van der Waals surface area (Å²) in [5.41, 5.74) is -0.801. The lowest BCUT2D eigenvalue weighted by Crippen LogP contribution is -2.33. The van der Waals surface area contributed by atoms with Gasteiger partial charge < -0.3 is 14.6 Å². The number of carboxylic acid groups (broad SMARTS) is 1. The van der Waals surface area contributed by atoms with Crippen LogP contribution in [0.15, 0.2) is 56.5 Å². The predicted octanol–water partition coefficient (Wildman–Crippen LogP) is 1.41. The second kappa shape index (κ2) is 5.45. The molecule has 0 saturated heterocycles. The number of benzene rings is 2. The fraction of sp³-hybridized carbons (Fsp3) is 0.0625. The Hall–Kier alpha value is -3.35. The van der Waals surface area contributed by atoms with E-state index in [2.05, 4.69) is 0 Å². The largest absolute Gasteiger partial charge is 0.504 e. The van der Waals surface area contributed by atoms with Crippen LogP contribution in [-0.2, 0) is 6.54 Å². The Morgan fingerprint density at radius 1 is 1.09 bits per heavy atom. The highest BCUT2D eigenvalue weighted by Gasteiger charge is 2.18. The van der Waals surface area contributed by atoms with Gasteiger partial charge in [0.25, 0.3) is 5.56 Å². The number of phenols is 1. The highest BCUT2D eigenvalue weighted by atomic mass is 16.4. The topological polar surface area (TPSA) is 110 Å². The van der Waals surface area contributed by atoms with E-state index in [9.17, 15) is 19.5 Å². The first-order chi connectivity index (χ1) is 11.0. The average Bonchev–Trinajstić information content (AvgIpc) is 2.53. The van der Waals surface area contributed by atoms with E-state index >= 15 is 0 Å². The van der Waals surface area contributed by atoms with Gasteiger partial charge in [-0.15, -0.1) is 0 Å². The molecule has 0 fully saturated rings. The van der Waals surface area contributed by atoms with Crippen LogP contribution in [0.4, 0.5) is 0 Å².